The van der Waals surface area contributed by atoms with Crippen LogP contribution in [-0.4, -0.2) is 48.1 Å². The zero-order valence-corrected chi connectivity index (χ0v) is 21.6. The number of fused-ring (bicyclic) bond motifs is 1. The second-order valence-electron chi connectivity index (χ2n) is 9.21. The van der Waals surface area contributed by atoms with E-state index in [1.165, 1.54) is 12.1 Å². The number of carbonyl (C=O) groups is 1. The normalized spacial score (nSPS) is 14.9. The molecule has 1 amide bonds. The van der Waals surface area contributed by atoms with E-state index in [1.54, 1.807) is 23.1 Å². The summed E-state index contributed by atoms with van der Waals surface area (Å²) in [6.07, 6.45) is 2.16. The Morgan fingerprint density at radius 3 is 2.41 bits per heavy atom. The predicted octanol–water partition coefficient (Wildman–Crippen LogP) is 6.04. The minimum Gasteiger partial charge on any atom is -0.444 e. The van der Waals surface area contributed by atoms with Crippen molar-refractivity contribution >= 4 is 55.7 Å². The van der Waals surface area contributed by atoms with Crippen molar-refractivity contribution < 1.29 is 17.9 Å². The van der Waals surface area contributed by atoms with E-state index in [0.717, 1.165) is 16.8 Å². The molecule has 0 fully saturated rings. The number of amides is 1. The SMILES string of the molecule is Cc1ccc(S(=O)(=O)c2nc3[nH]c(C4=CCN(C(=O)OC(C)(C)C)CC4)cc3c(Cl)c2Cl)cc1. The maximum atomic E-state index is 13.2. The summed E-state index contributed by atoms with van der Waals surface area (Å²) in [7, 11) is -3.97. The van der Waals surface area contributed by atoms with E-state index in [4.69, 9.17) is 27.9 Å². The average molecular weight is 522 g/mol. The van der Waals surface area contributed by atoms with Gasteiger partial charge in [0.05, 0.1) is 14.9 Å². The number of H-pyrrole nitrogens is 1. The van der Waals surface area contributed by atoms with Crippen LogP contribution in [0.3, 0.4) is 0 Å². The topological polar surface area (TPSA) is 92.4 Å². The molecule has 1 aromatic carbocycles. The first-order chi connectivity index (χ1) is 15.9. The van der Waals surface area contributed by atoms with Crippen molar-refractivity contribution in [2.45, 2.75) is 49.6 Å². The number of benzene rings is 1. The van der Waals surface area contributed by atoms with Gasteiger partial charge in [-0.05, 0) is 57.9 Å². The fraction of sp³-hybridized carbons (Fsp3) is 0.333. The molecule has 0 bridgehead atoms. The van der Waals surface area contributed by atoms with E-state index < -0.39 is 15.4 Å². The maximum Gasteiger partial charge on any atom is 0.410 e. The molecule has 4 rings (SSSR count). The van der Waals surface area contributed by atoms with Gasteiger partial charge in [0.2, 0.25) is 9.84 Å². The molecule has 1 N–H and O–H groups in total. The molecule has 10 heteroatoms. The van der Waals surface area contributed by atoms with Gasteiger partial charge in [0.15, 0.2) is 5.03 Å². The number of pyridine rings is 1. The minimum atomic E-state index is -3.97. The predicted molar refractivity (Wildman–Crippen MR) is 133 cm³/mol. The lowest BCUT2D eigenvalue weighted by molar-refractivity contribution is 0.0270. The Kier molecular flexibility index (Phi) is 6.44. The molecule has 34 heavy (non-hydrogen) atoms. The second kappa shape index (κ2) is 8.91. The molecule has 1 aliphatic heterocycles. The van der Waals surface area contributed by atoms with Gasteiger partial charge in [-0.3, -0.25) is 0 Å². The van der Waals surface area contributed by atoms with Crippen LogP contribution >= 0.6 is 23.2 Å². The molecule has 180 valence electrons. The van der Waals surface area contributed by atoms with Gasteiger partial charge in [-0.1, -0.05) is 47.0 Å². The van der Waals surface area contributed by atoms with E-state index in [1.807, 2.05) is 33.8 Å². The van der Waals surface area contributed by atoms with Gasteiger partial charge in [0.25, 0.3) is 0 Å². The number of hydrogen-bond acceptors (Lipinski definition) is 5. The zero-order chi connectivity index (χ0) is 24.8. The van der Waals surface area contributed by atoms with Crippen LogP contribution in [0.4, 0.5) is 4.79 Å². The van der Waals surface area contributed by atoms with Crippen LogP contribution in [0.5, 0.6) is 0 Å². The van der Waals surface area contributed by atoms with Gasteiger partial charge >= 0.3 is 6.09 Å². The van der Waals surface area contributed by atoms with Gasteiger partial charge < -0.3 is 14.6 Å². The fourth-order valence-corrected chi connectivity index (χ4v) is 5.65. The van der Waals surface area contributed by atoms with Crippen LogP contribution < -0.4 is 0 Å². The first-order valence-corrected chi connectivity index (χ1v) is 13.0. The molecule has 7 nitrogen and oxygen atoms in total. The average Bonchev–Trinajstić information content (AvgIpc) is 3.20. The fourth-order valence-electron chi connectivity index (χ4n) is 3.65. The van der Waals surface area contributed by atoms with Crippen molar-refractivity contribution in [3.8, 4) is 0 Å². The Morgan fingerprint density at radius 2 is 1.82 bits per heavy atom. The standard InChI is InChI=1S/C24H25Cl2N3O4S/c1-14-5-7-16(8-6-14)34(31,32)22-20(26)19(25)17-13-18(27-21(17)28-22)15-9-11-29(12-10-15)23(30)33-24(2,3)4/h5-9,13H,10-12H2,1-4H3,(H,27,28). The maximum absolute atomic E-state index is 13.2. The van der Waals surface area contributed by atoms with Crippen molar-refractivity contribution in [2.24, 2.45) is 0 Å². The van der Waals surface area contributed by atoms with Gasteiger partial charge in [-0.15, -0.1) is 0 Å². The largest absolute Gasteiger partial charge is 0.444 e. The van der Waals surface area contributed by atoms with Crippen LogP contribution in [0.25, 0.3) is 16.6 Å². The monoisotopic (exact) mass is 521 g/mol. The molecule has 2 aromatic heterocycles. The van der Waals surface area contributed by atoms with Crippen molar-refractivity contribution in [2.75, 3.05) is 13.1 Å². The molecule has 0 aliphatic carbocycles. The number of aryl methyl sites for hydroxylation is 1. The number of hydrogen-bond donors (Lipinski definition) is 1. The number of aromatic nitrogens is 2. The third-order valence-electron chi connectivity index (χ3n) is 5.42. The Bertz CT molecular complexity index is 1400. The van der Waals surface area contributed by atoms with E-state index in [0.29, 0.717) is 30.5 Å². The molecule has 0 saturated carbocycles. The summed E-state index contributed by atoms with van der Waals surface area (Å²) in [5.41, 5.74) is 2.41. The van der Waals surface area contributed by atoms with Crippen molar-refractivity contribution in [1.82, 2.24) is 14.9 Å². The van der Waals surface area contributed by atoms with Crippen molar-refractivity contribution in [3.63, 3.8) is 0 Å². The minimum absolute atomic E-state index is 0.0897. The lowest BCUT2D eigenvalue weighted by Gasteiger charge is -2.29. The zero-order valence-electron chi connectivity index (χ0n) is 19.3. The Labute approximate surface area is 208 Å². The summed E-state index contributed by atoms with van der Waals surface area (Å²) in [6.45, 7) is 8.25. The van der Waals surface area contributed by atoms with Gasteiger partial charge in [-0.25, -0.2) is 18.2 Å². The van der Waals surface area contributed by atoms with Crippen molar-refractivity contribution in [1.29, 1.82) is 0 Å². The molecule has 0 radical (unpaired) electrons. The highest BCUT2D eigenvalue weighted by Crippen LogP contribution is 2.38. The number of ether oxygens (including phenoxy) is 1. The van der Waals surface area contributed by atoms with Gasteiger partial charge in [0, 0.05) is 24.2 Å². The summed E-state index contributed by atoms with van der Waals surface area (Å²) in [6, 6.07) is 8.26. The Morgan fingerprint density at radius 1 is 1.15 bits per heavy atom. The Hall–Kier alpha value is -2.55. The molecule has 0 spiro atoms. The number of aromatic amines is 1. The number of halogens is 2. The summed E-state index contributed by atoms with van der Waals surface area (Å²) in [4.78, 5) is 21.5. The van der Waals surface area contributed by atoms with Crippen LogP contribution in [0.1, 0.15) is 38.4 Å². The molecule has 3 heterocycles. The quantitative estimate of drug-likeness (QED) is 0.453. The van der Waals surface area contributed by atoms with E-state index in [-0.39, 0.29) is 26.1 Å². The molecule has 0 atom stereocenters. The summed E-state index contributed by atoms with van der Waals surface area (Å²) in [5.74, 6) is 0. The highest BCUT2D eigenvalue weighted by Gasteiger charge is 2.28. The molecular weight excluding hydrogens is 497 g/mol. The highest BCUT2D eigenvalue weighted by atomic mass is 35.5. The molecule has 1 aliphatic rings. The number of rotatable bonds is 3. The van der Waals surface area contributed by atoms with E-state index >= 15 is 0 Å². The molecule has 0 saturated heterocycles. The van der Waals surface area contributed by atoms with E-state index in [9.17, 15) is 13.2 Å². The first-order valence-electron chi connectivity index (χ1n) is 10.7. The second-order valence-corrected chi connectivity index (χ2v) is 11.8. The van der Waals surface area contributed by atoms with Crippen molar-refractivity contribution in [3.05, 3.63) is 57.7 Å². The third kappa shape index (κ3) is 4.80. The number of nitrogens with one attached hydrogen (secondary N) is 1. The van der Waals surface area contributed by atoms with E-state index in [2.05, 4.69) is 9.97 Å². The van der Waals surface area contributed by atoms with Gasteiger partial charge in [-0.2, -0.15) is 0 Å². The third-order valence-corrected chi connectivity index (χ3v) is 8.09. The summed E-state index contributed by atoms with van der Waals surface area (Å²) < 4.78 is 31.8. The molecule has 0 unspecified atom stereocenters. The summed E-state index contributed by atoms with van der Waals surface area (Å²) in [5, 5.41) is 0.235. The van der Waals surface area contributed by atoms with Crippen LogP contribution in [0, 0.1) is 6.92 Å². The highest BCUT2D eigenvalue weighted by molar-refractivity contribution is 7.91. The Balaban J connectivity index is 1.66. The number of sulfone groups is 1. The number of nitrogens with zero attached hydrogens (tertiary/aromatic N) is 2. The lowest BCUT2D eigenvalue weighted by atomic mass is 10.1. The lowest BCUT2D eigenvalue weighted by Crippen LogP contribution is -2.39. The molecular formula is C24H25Cl2N3O4S. The van der Waals surface area contributed by atoms with Crippen LogP contribution in [-0.2, 0) is 14.6 Å². The van der Waals surface area contributed by atoms with Gasteiger partial charge in [0.1, 0.15) is 11.2 Å². The van der Waals surface area contributed by atoms with Crippen LogP contribution in [0.15, 0.2) is 46.3 Å². The van der Waals surface area contributed by atoms with Crippen LogP contribution in [0.2, 0.25) is 10.0 Å². The number of carbonyl (C=O) groups excluding carboxylic acids is 1. The first kappa shape index (κ1) is 24.6. The smallest absolute Gasteiger partial charge is 0.410 e. The molecule has 3 aromatic rings. The summed E-state index contributed by atoms with van der Waals surface area (Å²) >= 11 is 12.9.